The van der Waals surface area contributed by atoms with Gasteiger partial charge in [0, 0.05) is 11.4 Å². The first-order valence-corrected chi connectivity index (χ1v) is 7.92. The lowest BCUT2D eigenvalue weighted by Crippen LogP contribution is -2.30. The molecule has 0 aliphatic carbocycles. The van der Waals surface area contributed by atoms with Crippen LogP contribution in [0.4, 0.5) is 0 Å². The summed E-state index contributed by atoms with van der Waals surface area (Å²) in [7, 11) is 0. The molecule has 1 N–H and O–H groups in total. The molecule has 2 heterocycles. The highest BCUT2D eigenvalue weighted by molar-refractivity contribution is 7.11. The van der Waals surface area contributed by atoms with Gasteiger partial charge in [-0.05, 0) is 27.2 Å². The van der Waals surface area contributed by atoms with Crippen LogP contribution < -0.4 is 5.32 Å². The van der Waals surface area contributed by atoms with Gasteiger partial charge in [0.25, 0.3) is 0 Å². The smallest absolute Gasteiger partial charge is 0.225 e. The second-order valence-electron chi connectivity index (χ2n) is 5.09. The molecule has 21 heavy (non-hydrogen) atoms. The minimum absolute atomic E-state index is 0.0136. The van der Waals surface area contributed by atoms with Crippen molar-refractivity contribution in [2.45, 2.75) is 53.1 Å². The molecule has 0 aromatic carbocycles. The van der Waals surface area contributed by atoms with Crippen molar-refractivity contribution >= 4 is 17.2 Å². The maximum absolute atomic E-state index is 12.2. The Kier molecular flexibility index (Phi) is 5.06. The van der Waals surface area contributed by atoms with Crippen LogP contribution in [0.25, 0.3) is 0 Å². The molecule has 0 saturated carbocycles. The van der Waals surface area contributed by atoms with Crippen molar-refractivity contribution in [3.8, 4) is 0 Å². The topological polar surface area (TPSA) is 72.7 Å². The number of aromatic nitrogens is 4. The molecule has 1 amide bonds. The van der Waals surface area contributed by atoms with E-state index in [4.69, 9.17) is 0 Å². The van der Waals surface area contributed by atoms with Gasteiger partial charge in [0.2, 0.25) is 5.91 Å². The van der Waals surface area contributed by atoms with Crippen LogP contribution in [0, 0.1) is 13.8 Å². The molecule has 0 fully saturated rings. The van der Waals surface area contributed by atoms with E-state index in [1.54, 1.807) is 17.7 Å². The standard InChI is InChI=1S/C14H21N5OS/c1-5-6-19-8-15-18-14(19)10(3)17-13(20)7-12-9(2)16-11(4)21-12/h8,10H,5-7H2,1-4H3,(H,17,20)/t10-/m0/s1. The highest BCUT2D eigenvalue weighted by Crippen LogP contribution is 2.18. The Labute approximate surface area is 128 Å². The number of nitrogens with zero attached hydrogens (tertiary/aromatic N) is 4. The molecule has 2 aromatic rings. The van der Waals surface area contributed by atoms with Crippen LogP contribution in [0.3, 0.4) is 0 Å². The van der Waals surface area contributed by atoms with Gasteiger partial charge in [0.15, 0.2) is 5.82 Å². The van der Waals surface area contributed by atoms with E-state index in [-0.39, 0.29) is 11.9 Å². The van der Waals surface area contributed by atoms with Crippen LogP contribution in [-0.4, -0.2) is 25.7 Å². The number of carbonyl (C=O) groups is 1. The van der Waals surface area contributed by atoms with Gasteiger partial charge in [0.1, 0.15) is 6.33 Å². The average molecular weight is 307 g/mol. The molecule has 2 aromatic heterocycles. The third kappa shape index (κ3) is 3.87. The molecule has 0 bridgehead atoms. The van der Waals surface area contributed by atoms with Crippen LogP contribution in [0.15, 0.2) is 6.33 Å². The van der Waals surface area contributed by atoms with Gasteiger partial charge < -0.3 is 9.88 Å². The summed E-state index contributed by atoms with van der Waals surface area (Å²) in [5, 5.41) is 12.0. The SMILES string of the molecule is CCCn1cnnc1[C@H](C)NC(=O)Cc1sc(C)nc1C. The van der Waals surface area contributed by atoms with Crippen molar-refractivity contribution in [1.82, 2.24) is 25.1 Å². The Morgan fingerprint density at radius 2 is 2.24 bits per heavy atom. The Balaban J connectivity index is 1.98. The lowest BCUT2D eigenvalue weighted by atomic mass is 10.2. The molecule has 1 atom stereocenters. The summed E-state index contributed by atoms with van der Waals surface area (Å²) in [6.07, 6.45) is 3.08. The van der Waals surface area contributed by atoms with Crippen molar-refractivity contribution < 1.29 is 4.79 Å². The largest absolute Gasteiger partial charge is 0.346 e. The molecule has 0 spiro atoms. The summed E-state index contributed by atoms with van der Waals surface area (Å²) in [4.78, 5) is 17.5. The van der Waals surface area contributed by atoms with Gasteiger partial charge in [-0.3, -0.25) is 4.79 Å². The third-order valence-corrected chi connectivity index (χ3v) is 4.27. The predicted octanol–water partition coefficient (Wildman–Crippen LogP) is 2.18. The van der Waals surface area contributed by atoms with E-state index < -0.39 is 0 Å². The minimum atomic E-state index is -0.152. The lowest BCUT2D eigenvalue weighted by molar-refractivity contribution is -0.121. The van der Waals surface area contributed by atoms with Gasteiger partial charge >= 0.3 is 0 Å². The average Bonchev–Trinajstić information content (AvgIpc) is 2.97. The first-order chi connectivity index (χ1) is 10.0. The molecule has 0 unspecified atom stereocenters. The molecular formula is C14H21N5OS. The molecular weight excluding hydrogens is 286 g/mol. The Bertz CT molecular complexity index is 619. The zero-order valence-corrected chi connectivity index (χ0v) is 13.7. The zero-order valence-electron chi connectivity index (χ0n) is 12.9. The molecule has 7 heteroatoms. The van der Waals surface area contributed by atoms with Crippen LogP contribution >= 0.6 is 11.3 Å². The Hall–Kier alpha value is -1.76. The van der Waals surface area contributed by atoms with Crippen LogP contribution in [-0.2, 0) is 17.8 Å². The number of thiazole rings is 1. The quantitative estimate of drug-likeness (QED) is 0.888. The van der Waals surface area contributed by atoms with Crippen LogP contribution in [0.1, 0.15) is 47.7 Å². The lowest BCUT2D eigenvalue weighted by Gasteiger charge is -2.14. The summed E-state index contributed by atoms with van der Waals surface area (Å²) >= 11 is 1.57. The minimum Gasteiger partial charge on any atom is -0.346 e. The normalized spacial score (nSPS) is 12.4. The van der Waals surface area contributed by atoms with Gasteiger partial charge in [-0.2, -0.15) is 0 Å². The summed E-state index contributed by atoms with van der Waals surface area (Å²) in [6.45, 7) is 8.78. The van der Waals surface area contributed by atoms with E-state index in [1.807, 2.05) is 25.3 Å². The Morgan fingerprint density at radius 1 is 1.48 bits per heavy atom. The van der Waals surface area contributed by atoms with Crippen molar-refractivity contribution in [2.75, 3.05) is 0 Å². The molecule has 0 aliphatic heterocycles. The van der Waals surface area contributed by atoms with Gasteiger partial charge in [0.05, 0.1) is 23.2 Å². The third-order valence-electron chi connectivity index (χ3n) is 3.20. The molecule has 0 radical (unpaired) electrons. The van der Waals surface area contributed by atoms with Gasteiger partial charge in [-0.1, -0.05) is 6.92 Å². The fourth-order valence-electron chi connectivity index (χ4n) is 2.25. The molecule has 2 rings (SSSR count). The first-order valence-electron chi connectivity index (χ1n) is 7.11. The van der Waals surface area contributed by atoms with Gasteiger partial charge in [-0.15, -0.1) is 21.5 Å². The highest BCUT2D eigenvalue weighted by Gasteiger charge is 2.17. The van der Waals surface area contributed by atoms with E-state index in [0.29, 0.717) is 6.42 Å². The summed E-state index contributed by atoms with van der Waals surface area (Å²) in [5.41, 5.74) is 0.939. The van der Waals surface area contributed by atoms with E-state index in [1.165, 1.54) is 0 Å². The van der Waals surface area contributed by atoms with Crippen molar-refractivity contribution in [3.05, 3.63) is 27.7 Å². The number of hydrogen-bond donors (Lipinski definition) is 1. The summed E-state index contributed by atoms with van der Waals surface area (Å²) in [5.74, 6) is 0.780. The summed E-state index contributed by atoms with van der Waals surface area (Å²) in [6, 6.07) is -0.152. The number of aryl methyl sites for hydroxylation is 3. The number of hydrogen-bond acceptors (Lipinski definition) is 5. The van der Waals surface area contributed by atoms with Gasteiger partial charge in [-0.25, -0.2) is 4.98 Å². The van der Waals surface area contributed by atoms with E-state index >= 15 is 0 Å². The second-order valence-corrected chi connectivity index (χ2v) is 6.38. The molecule has 114 valence electrons. The Morgan fingerprint density at radius 3 is 2.86 bits per heavy atom. The van der Waals surface area contributed by atoms with E-state index in [2.05, 4.69) is 27.4 Å². The molecule has 0 saturated heterocycles. The number of amides is 1. The van der Waals surface area contributed by atoms with Crippen molar-refractivity contribution in [1.29, 1.82) is 0 Å². The van der Waals surface area contributed by atoms with E-state index in [0.717, 1.165) is 34.4 Å². The van der Waals surface area contributed by atoms with Crippen LogP contribution in [0.2, 0.25) is 0 Å². The fraction of sp³-hybridized carbons (Fsp3) is 0.571. The summed E-state index contributed by atoms with van der Waals surface area (Å²) < 4.78 is 1.98. The second kappa shape index (κ2) is 6.80. The fourth-order valence-corrected chi connectivity index (χ4v) is 3.19. The van der Waals surface area contributed by atoms with E-state index in [9.17, 15) is 4.79 Å². The predicted molar refractivity (Wildman–Crippen MR) is 82.2 cm³/mol. The van der Waals surface area contributed by atoms with Crippen molar-refractivity contribution in [2.24, 2.45) is 0 Å². The monoisotopic (exact) mass is 307 g/mol. The maximum Gasteiger partial charge on any atom is 0.225 e. The number of nitrogens with one attached hydrogen (secondary N) is 1. The zero-order chi connectivity index (χ0) is 15.4. The maximum atomic E-state index is 12.2. The molecule has 0 aliphatic rings. The molecule has 6 nitrogen and oxygen atoms in total. The number of carbonyl (C=O) groups excluding carboxylic acids is 1. The van der Waals surface area contributed by atoms with Crippen molar-refractivity contribution in [3.63, 3.8) is 0 Å². The first kappa shape index (κ1) is 15.6. The highest BCUT2D eigenvalue weighted by atomic mass is 32.1. The number of rotatable bonds is 6. The van der Waals surface area contributed by atoms with Crippen LogP contribution in [0.5, 0.6) is 0 Å².